The molecule has 1 fully saturated rings. The van der Waals surface area contributed by atoms with Gasteiger partial charge in [-0.15, -0.1) is 8.58 Å². The molecule has 1 N–H and O–H groups in total. The third-order valence-electron chi connectivity index (χ3n) is 3.50. The molecule has 1 atom stereocenters. The quantitative estimate of drug-likeness (QED) is 0.430. The summed E-state index contributed by atoms with van der Waals surface area (Å²) in [6.45, 7) is 8.22. The van der Waals surface area contributed by atoms with Crippen molar-refractivity contribution in [1.82, 2.24) is 4.90 Å². The van der Waals surface area contributed by atoms with Gasteiger partial charge in [0.15, 0.2) is 0 Å². The first-order valence-electron chi connectivity index (χ1n) is 7.72. The fraction of sp³-hybridized carbons (Fsp3) is 0.867. The third kappa shape index (κ3) is 8.36. The number of piperidine rings is 1. The highest BCUT2D eigenvalue weighted by atomic mass is 31.1. The first-order valence-corrected chi connectivity index (χ1v) is 9.29. The monoisotopic (exact) mass is 286 g/mol. The van der Waals surface area contributed by atoms with Crippen LogP contribution in [0.15, 0.2) is 0 Å². The van der Waals surface area contributed by atoms with Gasteiger partial charge in [-0.2, -0.15) is 0 Å². The minimum absolute atomic E-state index is 0.345. The van der Waals surface area contributed by atoms with E-state index in [1.165, 1.54) is 19.1 Å². The Labute approximate surface area is 120 Å². The molecule has 4 heteroatoms. The summed E-state index contributed by atoms with van der Waals surface area (Å²) in [6, 6.07) is 0. The van der Waals surface area contributed by atoms with Crippen molar-refractivity contribution >= 4 is 20.7 Å². The Kier molecular flexibility index (Phi) is 12.3. The molecule has 0 spiro atoms. The Morgan fingerprint density at radius 2 is 1.89 bits per heavy atom. The molecule has 3 nitrogen and oxygen atoms in total. The van der Waals surface area contributed by atoms with E-state index in [9.17, 15) is 4.79 Å². The van der Waals surface area contributed by atoms with Crippen LogP contribution >= 0.6 is 8.58 Å². The van der Waals surface area contributed by atoms with Crippen molar-refractivity contribution in [3.63, 3.8) is 0 Å². The van der Waals surface area contributed by atoms with Crippen LogP contribution in [0.3, 0.4) is 0 Å². The molecule has 1 aliphatic heterocycles. The van der Waals surface area contributed by atoms with Crippen molar-refractivity contribution in [2.45, 2.75) is 64.5 Å². The van der Waals surface area contributed by atoms with Crippen LogP contribution in [0.5, 0.6) is 0 Å². The number of nitrogens with zero attached hydrogens (tertiary/aromatic N) is 1. The summed E-state index contributed by atoms with van der Waals surface area (Å²) in [5, 5.41) is 6.92. The molecule has 1 unspecified atom stereocenters. The zero-order chi connectivity index (χ0) is 14.5. The third-order valence-corrected chi connectivity index (χ3v) is 4.89. The Bertz CT molecular complexity index is 238. The minimum Gasteiger partial charge on any atom is -0.343 e. The normalized spacial score (nSPS) is 16.3. The van der Waals surface area contributed by atoms with E-state index >= 15 is 0 Å². The van der Waals surface area contributed by atoms with Gasteiger partial charge < -0.3 is 10.3 Å². The second-order valence-corrected chi connectivity index (χ2v) is 6.14. The fourth-order valence-corrected chi connectivity index (χ4v) is 3.11. The molecule has 0 aromatic carbocycles. The van der Waals surface area contributed by atoms with Crippen LogP contribution in [0.25, 0.3) is 0 Å². The van der Waals surface area contributed by atoms with Gasteiger partial charge in [-0.1, -0.05) is 20.3 Å². The molecule has 0 aliphatic carbocycles. The summed E-state index contributed by atoms with van der Waals surface area (Å²) in [5.74, 6) is 0.345. The highest BCUT2D eigenvalue weighted by Crippen LogP contribution is 2.25. The molecule has 0 radical (unpaired) electrons. The Balaban J connectivity index is 0.00000154. The average Bonchev–Trinajstić information content (AvgIpc) is 2.49. The van der Waals surface area contributed by atoms with Crippen LogP contribution in [0, 0.1) is 5.41 Å². The number of likely N-dealkylation sites (tertiary alicyclic amines) is 1. The molecular weight excluding hydrogens is 255 g/mol. The number of unbranched alkanes of at least 4 members (excludes halogenated alkanes) is 3. The van der Waals surface area contributed by atoms with Crippen molar-refractivity contribution < 1.29 is 4.79 Å². The maximum absolute atomic E-state index is 11.9. The molecule has 0 aromatic heterocycles. The molecule has 0 saturated carbocycles. The minimum atomic E-state index is 0.345. The summed E-state index contributed by atoms with van der Waals surface area (Å²) >= 11 is 0. The maximum atomic E-state index is 11.9. The van der Waals surface area contributed by atoms with Gasteiger partial charge in [0.1, 0.15) is 0 Å². The van der Waals surface area contributed by atoms with E-state index in [0.717, 1.165) is 53.0 Å². The van der Waals surface area contributed by atoms with Gasteiger partial charge in [-0.3, -0.25) is 4.79 Å². The van der Waals surface area contributed by atoms with E-state index in [2.05, 4.69) is 6.66 Å². The fourth-order valence-electron chi connectivity index (χ4n) is 2.28. The highest BCUT2D eigenvalue weighted by molar-refractivity contribution is 7.37. The molecule has 19 heavy (non-hydrogen) atoms. The molecule has 0 aromatic rings. The topological polar surface area (TPSA) is 44.2 Å². The molecule has 1 amide bonds. The Morgan fingerprint density at radius 3 is 2.42 bits per heavy atom. The van der Waals surface area contributed by atoms with Crippen LogP contribution in [-0.4, -0.2) is 42.4 Å². The Hall–Kier alpha value is -0.430. The first kappa shape index (κ1) is 18.6. The number of hydrogen-bond acceptors (Lipinski definition) is 2. The van der Waals surface area contributed by atoms with Crippen molar-refractivity contribution in [3.8, 4) is 0 Å². The number of hydrogen-bond donors (Lipinski definition) is 1. The summed E-state index contributed by atoms with van der Waals surface area (Å²) in [5.41, 5.74) is 0.867. The number of carbonyl (C=O) groups excluding carboxylic acids is 1. The summed E-state index contributed by atoms with van der Waals surface area (Å²) in [6.07, 6.45) is 8.54. The van der Waals surface area contributed by atoms with Crippen molar-refractivity contribution in [2.24, 2.45) is 0 Å². The van der Waals surface area contributed by atoms with E-state index < -0.39 is 0 Å². The predicted octanol–water partition coefficient (Wildman–Crippen LogP) is 3.91. The lowest BCUT2D eigenvalue weighted by molar-refractivity contribution is -0.132. The lowest BCUT2D eigenvalue weighted by Crippen LogP contribution is -2.38. The van der Waals surface area contributed by atoms with E-state index in [4.69, 9.17) is 5.41 Å². The molecule has 1 aliphatic rings. The smallest absolute Gasteiger partial charge is 0.222 e. The van der Waals surface area contributed by atoms with E-state index in [-0.39, 0.29) is 0 Å². The molecule has 0 bridgehead atoms. The second kappa shape index (κ2) is 12.6. The van der Waals surface area contributed by atoms with Crippen LogP contribution in [0.2, 0.25) is 0 Å². The molecule has 1 heterocycles. The highest BCUT2D eigenvalue weighted by Gasteiger charge is 2.20. The SMILES string of the molecule is CC.CPC1CCN(C(=O)CCCCCC=N)CC1. The van der Waals surface area contributed by atoms with Crippen LogP contribution < -0.4 is 0 Å². The lowest BCUT2D eigenvalue weighted by atomic mass is 10.1. The lowest BCUT2D eigenvalue weighted by Gasteiger charge is -2.31. The number of rotatable bonds is 7. The van der Waals surface area contributed by atoms with Crippen molar-refractivity contribution in [3.05, 3.63) is 0 Å². The zero-order valence-corrected chi connectivity index (χ0v) is 13.9. The summed E-state index contributed by atoms with van der Waals surface area (Å²) in [4.78, 5) is 14.0. The summed E-state index contributed by atoms with van der Waals surface area (Å²) in [7, 11) is 1.03. The van der Waals surface area contributed by atoms with Crippen LogP contribution in [0.1, 0.15) is 58.8 Å². The standard InChI is InChI=1S/C13H25N2OP.C2H6/c1-17-12-7-10-15(11-8-12)13(16)6-4-2-3-5-9-14;1-2/h9,12,14,17H,2-8,10-11H2,1H3;1-2H3. The van der Waals surface area contributed by atoms with Gasteiger partial charge in [-0.25, -0.2) is 0 Å². The van der Waals surface area contributed by atoms with Crippen molar-refractivity contribution in [2.75, 3.05) is 19.8 Å². The Morgan fingerprint density at radius 1 is 1.26 bits per heavy atom. The van der Waals surface area contributed by atoms with Crippen molar-refractivity contribution in [1.29, 1.82) is 5.41 Å². The molecule has 1 rings (SSSR count). The maximum Gasteiger partial charge on any atom is 0.222 e. The van der Waals surface area contributed by atoms with Gasteiger partial charge in [0.25, 0.3) is 0 Å². The van der Waals surface area contributed by atoms with E-state index in [1.807, 2.05) is 18.7 Å². The second-order valence-electron chi connectivity index (χ2n) is 4.75. The van der Waals surface area contributed by atoms with Gasteiger partial charge in [-0.05, 0) is 50.6 Å². The molecule has 112 valence electrons. The summed E-state index contributed by atoms with van der Waals surface area (Å²) < 4.78 is 0. The zero-order valence-electron chi connectivity index (χ0n) is 12.9. The predicted molar refractivity (Wildman–Crippen MR) is 87.1 cm³/mol. The van der Waals surface area contributed by atoms with Crippen LogP contribution in [-0.2, 0) is 4.79 Å². The van der Waals surface area contributed by atoms with Gasteiger partial charge in [0.2, 0.25) is 5.91 Å². The molecule has 1 saturated heterocycles. The largest absolute Gasteiger partial charge is 0.343 e. The first-order chi connectivity index (χ1) is 9.27. The average molecular weight is 286 g/mol. The van der Waals surface area contributed by atoms with Gasteiger partial charge >= 0.3 is 0 Å². The van der Waals surface area contributed by atoms with Gasteiger partial charge in [0, 0.05) is 19.5 Å². The number of amides is 1. The van der Waals surface area contributed by atoms with Gasteiger partial charge in [0.05, 0.1) is 0 Å². The van der Waals surface area contributed by atoms with E-state index in [0.29, 0.717) is 12.3 Å². The number of carbonyl (C=O) groups is 1. The van der Waals surface area contributed by atoms with E-state index in [1.54, 1.807) is 0 Å². The van der Waals surface area contributed by atoms with Crippen LogP contribution in [0.4, 0.5) is 0 Å². The number of nitrogens with one attached hydrogen (secondary N) is 1. The molecular formula is C15H31N2OP.